The number of methoxy groups -OCH3 is 2. The first-order valence-electron chi connectivity index (χ1n) is 5.30. The first-order valence-corrected chi connectivity index (χ1v) is 5.30. The van der Waals surface area contributed by atoms with Crippen molar-refractivity contribution in [1.82, 2.24) is 4.98 Å². The van der Waals surface area contributed by atoms with Crippen molar-refractivity contribution in [2.75, 3.05) is 14.2 Å². The SMILES string of the molecule is COC(=O)c1nc(-c2ccoc2C)oc1C(=O)OC. The van der Waals surface area contributed by atoms with Crippen LogP contribution in [0.25, 0.3) is 11.5 Å². The molecule has 0 saturated heterocycles. The minimum Gasteiger partial charge on any atom is -0.469 e. The minimum absolute atomic E-state index is 0.0899. The van der Waals surface area contributed by atoms with Crippen LogP contribution in [-0.4, -0.2) is 31.1 Å². The zero-order valence-corrected chi connectivity index (χ0v) is 10.6. The number of hydrogen-bond acceptors (Lipinski definition) is 7. The molecule has 0 spiro atoms. The lowest BCUT2D eigenvalue weighted by atomic mass is 10.2. The van der Waals surface area contributed by atoms with Crippen LogP contribution >= 0.6 is 0 Å². The molecule has 0 fully saturated rings. The van der Waals surface area contributed by atoms with E-state index in [-0.39, 0.29) is 17.3 Å². The molecule has 0 saturated carbocycles. The third-order valence-corrected chi connectivity index (χ3v) is 2.47. The Hall–Kier alpha value is -2.57. The van der Waals surface area contributed by atoms with E-state index in [2.05, 4.69) is 14.5 Å². The molecule has 7 nitrogen and oxygen atoms in total. The number of rotatable bonds is 3. The van der Waals surface area contributed by atoms with E-state index in [1.165, 1.54) is 20.5 Å². The van der Waals surface area contributed by atoms with E-state index in [0.717, 1.165) is 0 Å². The summed E-state index contributed by atoms with van der Waals surface area (Å²) in [6.45, 7) is 1.70. The van der Waals surface area contributed by atoms with Gasteiger partial charge in [-0.15, -0.1) is 0 Å². The van der Waals surface area contributed by atoms with Crippen LogP contribution in [0.15, 0.2) is 21.2 Å². The predicted molar refractivity (Wildman–Crippen MR) is 61.6 cm³/mol. The Kier molecular flexibility index (Phi) is 3.37. The molecule has 2 aromatic rings. The molecule has 0 bridgehead atoms. The van der Waals surface area contributed by atoms with Gasteiger partial charge in [-0.1, -0.05) is 0 Å². The van der Waals surface area contributed by atoms with Gasteiger partial charge >= 0.3 is 11.9 Å². The monoisotopic (exact) mass is 265 g/mol. The molecule has 0 unspecified atom stereocenters. The van der Waals surface area contributed by atoms with Gasteiger partial charge in [0.1, 0.15) is 5.76 Å². The van der Waals surface area contributed by atoms with E-state index in [1.807, 2.05) is 0 Å². The third kappa shape index (κ3) is 2.22. The summed E-state index contributed by atoms with van der Waals surface area (Å²) in [6, 6.07) is 1.61. The van der Waals surface area contributed by atoms with Gasteiger partial charge in [0.15, 0.2) is 0 Å². The summed E-state index contributed by atoms with van der Waals surface area (Å²) in [6.07, 6.45) is 1.45. The van der Waals surface area contributed by atoms with Crippen LogP contribution in [0.3, 0.4) is 0 Å². The van der Waals surface area contributed by atoms with Crippen molar-refractivity contribution in [2.24, 2.45) is 0 Å². The Labute approximate surface area is 108 Å². The van der Waals surface area contributed by atoms with Crippen LogP contribution in [0.4, 0.5) is 0 Å². The maximum atomic E-state index is 11.5. The van der Waals surface area contributed by atoms with Gasteiger partial charge in [-0.2, -0.15) is 0 Å². The normalized spacial score (nSPS) is 10.3. The van der Waals surface area contributed by atoms with Crippen molar-refractivity contribution in [3.63, 3.8) is 0 Å². The second-order valence-corrected chi connectivity index (χ2v) is 3.57. The van der Waals surface area contributed by atoms with Crippen molar-refractivity contribution in [3.8, 4) is 11.5 Å². The molecular formula is C12H11NO6. The molecule has 2 aromatic heterocycles. The zero-order chi connectivity index (χ0) is 14.0. The second kappa shape index (κ2) is 4.97. The fourth-order valence-electron chi connectivity index (χ4n) is 1.51. The predicted octanol–water partition coefficient (Wildman–Crippen LogP) is 1.82. The molecule has 7 heteroatoms. The highest BCUT2D eigenvalue weighted by molar-refractivity contribution is 6.00. The Bertz CT molecular complexity index is 590. The van der Waals surface area contributed by atoms with E-state index >= 15 is 0 Å². The van der Waals surface area contributed by atoms with E-state index in [9.17, 15) is 9.59 Å². The molecular weight excluding hydrogens is 254 g/mol. The molecule has 0 aliphatic rings. The molecule has 0 radical (unpaired) electrons. The summed E-state index contributed by atoms with van der Waals surface area (Å²) >= 11 is 0. The number of ether oxygens (including phenoxy) is 2. The van der Waals surface area contributed by atoms with Gasteiger partial charge in [-0.05, 0) is 13.0 Å². The molecule has 0 atom stereocenters. The summed E-state index contributed by atoms with van der Waals surface area (Å²) in [5, 5.41) is 0. The van der Waals surface area contributed by atoms with Crippen molar-refractivity contribution < 1.29 is 27.9 Å². The van der Waals surface area contributed by atoms with Gasteiger partial charge in [-0.3, -0.25) is 0 Å². The lowest BCUT2D eigenvalue weighted by Crippen LogP contribution is -2.10. The Balaban J connectivity index is 2.55. The molecule has 0 aliphatic carbocycles. The molecule has 0 amide bonds. The number of carbonyl (C=O) groups excluding carboxylic acids is 2. The van der Waals surface area contributed by atoms with Crippen molar-refractivity contribution in [1.29, 1.82) is 0 Å². The quantitative estimate of drug-likeness (QED) is 0.781. The van der Waals surface area contributed by atoms with Crippen LogP contribution in [0, 0.1) is 6.92 Å². The highest BCUT2D eigenvalue weighted by Crippen LogP contribution is 2.26. The van der Waals surface area contributed by atoms with E-state index in [4.69, 9.17) is 8.83 Å². The average molecular weight is 265 g/mol. The number of furan rings is 1. The molecule has 0 aromatic carbocycles. The molecule has 19 heavy (non-hydrogen) atoms. The van der Waals surface area contributed by atoms with Crippen LogP contribution in [0.2, 0.25) is 0 Å². The van der Waals surface area contributed by atoms with Crippen LogP contribution < -0.4 is 0 Å². The lowest BCUT2D eigenvalue weighted by molar-refractivity contribution is 0.0527. The lowest BCUT2D eigenvalue weighted by Gasteiger charge is -1.96. The standard InChI is InChI=1S/C12H11NO6/c1-6-7(4-5-18-6)10-13-8(11(14)16-2)9(19-10)12(15)17-3/h4-5H,1-3H3. The topological polar surface area (TPSA) is 91.8 Å². The summed E-state index contributed by atoms with van der Waals surface area (Å²) in [7, 11) is 2.36. The first-order chi connectivity index (χ1) is 9.08. The first kappa shape index (κ1) is 12.9. The van der Waals surface area contributed by atoms with Crippen molar-refractivity contribution in [2.45, 2.75) is 6.92 Å². The fourth-order valence-corrected chi connectivity index (χ4v) is 1.51. The summed E-state index contributed by atoms with van der Waals surface area (Å²) in [4.78, 5) is 27.0. The summed E-state index contributed by atoms with van der Waals surface area (Å²) < 4.78 is 19.4. The molecule has 2 heterocycles. The van der Waals surface area contributed by atoms with Crippen LogP contribution in [0.5, 0.6) is 0 Å². The molecule has 2 rings (SSSR count). The van der Waals surface area contributed by atoms with Gasteiger partial charge in [0.2, 0.25) is 17.3 Å². The highest BCUT2D eigenvalue weighted by Gasteiger charge is 2.28. The zero-order valence-electron chi connectivity index (χ0n) is 10.6. The van der Waals surface area contributed by atoms with Crippen LogP contribution in [0.1, 0.15) is 26.8 Å². The Morgan fingerprint density at radius 2 is 1.89 bits per heavy atom. The molecule has 0 N–H and O–H groups in total. The Morgan fingerprint density at radius 1 is 1.21 bits per heavy atom. The molecule has 0 aliphatic heterocycles. The molecule has 100 valence electrons. The number of esters is 2. The largest absolute Gasteiger partial charge is 0.469 e. The van der Waals surface area contributed by atoms with Gasteiger partial charge in [0.05, 0.1) is 26.0 Å². The number of aryl methyl sites for hydroxylation is 1. The van der Waals surface area contributed by atoms with Crippen molar-refractivity contribution >= 4 is 11.9 Å². The summed E-state index contributed by atoms with van der Waals surface area (Å²) in [5.41, 5.74) is 0.310. The number of oxazole rings is 1. The number of carbonyl (C=O) groups is 2. The van der Waals surface area contributed by atoms with E-state index in [0.29, 0.717) is 11.3 Å². The van der Waals surface area contributed by atoms with Crippen LogP contribution in [-0.2, 0) is 9.47 Å². The van der Waals surface area contributed by atoms with Gasteiger partial charge < -0.3 is 18.3 Å². The minimum atomic E-state index is -0.805. The second-order valence-electron chi connectivity index (χ2n) is 3.57. The highest BCUT2D eigenvalue weighted by atomic mass is 16.5. The van der Waals surface area contributed by atoms with E-state index in [1.54, 1.807) is 13.0 Å². The maximum absolute atomic E-state index is 11.5. The number of nitrogens with zero attached hydrogens (tertiary/aromatic N) is 1. The number of hydrogen-bond donors (Lipinski definition) is 0. The van der Waals surface area contributed by atoms with Gasteiger partial charge in [0, 0.05) is 0 Å². The number of aromatic nitrogens is 1. The van der Waals surface area contributed by atoms with E-state index < -0.39 is 11.9 Å². The fraction of sp³-hybridized carbons (Fsp3) is 0.250. The third-order valence-electron chi connectivity index (χ3n) is 2.47. The van der Waals surface area contributed by atoms with Gasteiger partial charge in [-0.25, -0.2) is 14.6 Å². The Morgan fingerprint density at radius 3 is 2.42 bits per heavy atom. The van der Waals surface area contributed by atoms with Crippen molar-refractivity contribution in [3.05, 3.63) is 29.5 Å². The maximum Gasteiger partial charge on any atom is 0.376 e. The summed E-state index contributed by atoms with van der Waals surface area (Å²) in [5.74, 6) is -1.25. The smallest absolute Gasteiger partial charge is 0.376 e. The van der Waals surface area contributed by atoms with Gasteiger partial charge in [0.25, 0.3) is 0 Å². The average Bonchev–Trinajstić information content (AvgIpc) is 3.02.